The van der Waals surface area contributed by atoms with Gasteiger partial charge in [0.1, 0.15) is 23.9 Å². The van der Waals surface area contributed by atoms with Gasteiger partial charge in [-0.1, -0.05) is 12.1 Å². The van der Waals surface area contributed by atoms with E-state index < -0.39 is 72.6 Å². The Morgan fingerprint density at radius 1 is 0.875 bits per heavy atom. The van der Waals surface area contributed by atoms with Crippen LogP contribution in [0.25, 0.3) is 0 Å². The molecule has 0 aliphatic carbocycles. The van der Waals surface area contributed by atoms with Gasteiger partial charge in [0.2, 0.25) is 23.6 Å². The van der Waals surface area contributed by atoms with Crippen LogP contribution in [-0.4, -0.2) is 85.0 Å². The van der Waals surface area contributed by atoms with Gasteiger partial charge in [-0.3, -0.25) is 24.0 Å². The molecule has 4 atom stereocenters. The number of nitrogens with zero attached hydrogens (tertiary/aromatic N) is 1. The number of aromatic amines is 1. The summed E-state index contributed by atoms with van der Waals surface area (Å²) in [6, 6.07) is 0.0221. The molecular formula is C24H31N7O9. The highest BCUT2D eigenvalue weighted by Crippen LogP contribution is 2.12. The number of H-pyrrole nitrogens is 1. The maximum absolute atomic E-state index is 13.2. The van der Waals surface area contributed by atoms with E-state index >= 15 is 0 Å². The van der Waals surface area contributed by atoms with E-state index in [-0.39, 0.29) is 25.0 Å². The number of nitrogens with one attached hydrogen (secondary N) is 4. The van der Waals surface area contributed by atoms with Crippen LogP contribution in [0, 0.1) is 0 Å². The molecule has 0 aliphatic rings. The number of hydrogen-bond donors (Lipinski definition) is 9. The minimum absolute atomic E-state index is 0.0255. The second-order valence-electron chi connectivity index (χ2n) is 8.88. The smallest absolute Gasteiger partial charge is 0.326 e. The van der Waals surface area contributed by atoms with Crippen LogP contribution < -0.4 is 27.4 Å². The van der Waals surface area contributed by atoms with Gasteiger partial charge in [0.15, 0.2) is 0 Å². The third-order valence-corrected chi connectivity index (χ3v) is 5.65. The minimum Gasteiger partial charge on any atom is -0.508 e. The zero-order valence-electron chi connectivity index (χ0n) is 21.2. The van der Waals surface area contributed by atoms with Crippen molar-refractivity contribution in [3.63, 3.8) is 0 Å². The summed E-state index contributed by atoms with van der Waals surface area (Å²) in [5.74, 6) is -6.35. The van der Waals surface area contributed by atoms with Crippen molar-refractivity contribution < 1.29 is 44.1 Å². The summed E-state index contributed by atoms with van der Waals surface area (Å²) in [6.07, 6.45) is 1.07. The average molecular weight is 562 g/mol. The fourth-order valence-electron chi connectivity index (χ4n) is 3.54. The number of phenolic OH excluding ortho intramolecular Hbond substituents is 1. The fraction of sp³-hybridized carbons (Fsp3) is 0.375. The molecule has 1 heterocycles. The molecule has 0 spiro atoms. The molecule has 2 rings (SSSR count). The Kier molecular flexibility index (Phi) is 11.6. The molecule has 11 N–H and O–H groups in total. The Morgan fingerprint density at radius 2 is 1.48 bits per heavy atom. The number of carbonyl (C=O) groups excluding carboxylic acids is 4. The summed E-state index contributed by atoms with van der Waals surface area (Å²) in [5, 5.41) is 34.9. The van der Waals surface area contributed by atoms with Gasteiger partial charge in [0.25, 0.3) is 0 Å². The average Bonchev–Trinajstić information content (AvgIpc) is 3.40. The van der Waals surface area contributed by atoms with Crippen LogP contribution in [-0.2, 0) is 41.6 Å². The summed E-state index contributed by atoms with van der Waals surface area (Å²) in [5.41, 5.74) is 11.8. The number of primary amides is 1. The number of nitrogens with two attached hydrogens (primary N) is 2. The molecule has 0 aliphatic heterocycles. The van der Waals surface area contributed by atoms with Crippen LogP contribution in [0.4, 0.5) is 0 Å². The normalized spacial score (nSPS) is 13.7. The highest BCUT2D eigenvalue weighted by atomic mass is 16.4. The van der Waals surface area contributed by atoms with Crippen molar-refractivity contribution in [3.05, 3.63) is 48.0 Å². The van der Waals surface area contributed by atoms with Gasteiger partial charge in [-0.25, -0.2) is 9.78 Å². The van der Waals surface area contributed by atoms with E-state index in [0.717, 1.165) is 0 Å². The lowest BCUT2D eigenvalue weighted by Crippen LogP contribution is -2.58. The van der Waals surface area contributed by atoms with E-state index in [0.29, 0.717) is 11.3 Å². The van der Waals surface area contributed by atoms with Crippen LogP contribution in [0.5, 0.6) is 5.75 Å². The van der Waals surface area contributed by atoms with Crippen LogP contribution in [0.2, 0.25) is 0 Å². The number of hydrogen-bond acceptors (Lipinski definition) is 9. The molecule has 0 saturated heterocycles. The predicted octanol–water partition coefficient (Wildman–Crippen LogP) is -2.49. The summed E-state index contributed by atoms with van der Waals surface area (Å²) in [6.45, 7) is 0. The molecule has 0 fully saturated rings. The third kappa shape index (κ3) is 10.4. The van der Waals surface area contributed by atoms with E-state index in [9.17, 15) is 39.0 Å². The van der Waals surface area contributed by atoms with E-state index in [1.807, 2.05) is 0 Å². The highest BCUT2D eigenvalue weighted by Gasteiger charge is 2.31. The molecule has 4 amide bonds. The molecule has 1 aromatic carbocycles. The molecule has 0 bridgehead atoms. The maximum atomic E-state index is 13.2. The Morgan fingerprint density at radius 3 is 2.02 bits per heavy atom. The van der Waals surface area contributed by atoms with Crippen LogP contribution in [0.15, 0.2) is 36.8 Å². The third-order valence-electron chi connectivity index (χ3n) is 5.65. The van der Waals surface area contributed by atoms with Crippen molar-refractivity contribution >= 4 is 35.6 Å². The van der Waals surface area contributed by atoms with E-state index in [4.69, 9.17) is 16.6 Å². The molecule has 0 saturated carbocycles. The zero-order valence-corrected chi connectivity index (χ0v) is 21.2. The number of aliphatic carboxylic acids is 2. The highest BCUT2D eigenvalue weighted by molar-refractivity contribution is 5.96. The van der Waals surface area contributed by atoms with Crippen molar-refractivity contribution in [2.45, 2.75) is 56.3 Å². The molecule has 2 aromatic rings. The quantitative estimate of drug-likeness (QED) is 0.103. The van der Waals surface area contributed by atoms with Crippen molar-refractivity contribution in [1.29, 1.82) is 0 Å². The lowest BCUT2D eigenvalue weighted by atomic mass is 10.0. The molecule has 0 radical (unpaired) electrons. The minimum atomic E-state index is -1.56. The van der Waals surface area contributed by atoms with Gasteiger partial charge in [0.05, 0.1) is 18.8 Å². The SMILES string of the molecule is NC(=O)CC(NC(=O)C(N)CCC(=O)O)C(=O)NC(Cc1cnc[nH]1)C(=O)NC(Cc1ccc(O)cc1)C(=O)O. The monoisotopic (exact) mass is 561 g/mol. The largest absolute Gasteiger partial charge is 0.508 e. The zero-order chi connectivity index (χ0) is 29.8. The molecule has 16 nitrogen and oxygen atoms in total. The predicted molar refractivity (Wildman–Crippen MR) is 136 cm³/mol. The van der Waals surface area contributed by atoms with Gasteiger partial charge in [-0.15, -0.1) is 0 Å². The number of carboxylic acid groups (broad SMARTS) is 2. The number of rotatable bonds is 16. The summed E-state index contributed by atoms with van der Waals surface area (Å²) in [4.78, 5) is 79.4. The Balaban J connectivity index is 2.20. The van der Waals surface area contributed by atoms with E-state index in [1.165, 1.54) is 36.8 Å². The van der Waals surface area contributed by atoms with Crippen molar-refractivity contribution in [2.75, 3.05) is 0 Å². The second-order valence-corrected chi connectivity index (χ2v) is 8.88. The number of benzene rings is 1. The fourth-order valence-corrected chi connectivity index (χ4v) is 3.54. The van der Waals surface area contributed by atoms with Gasteiger partial charge in [-0.05, 0) is 24.1 Å². The standard InChI is InChI=1S/C24H31N7O9/c25-15(5-6-20(34)35)21(36)29-17(9-19(26)33)23(38)30-16(8-13-10-27-11-28-13)22(37)31-18(24(39)40)7-12-1-3-14(32)4-2-12/h1-4,10-11,15-18,32H,5-9,25H2,(H2,26,33)(H,27,28)(H,29,36)(H,30,38)(H,31,37)(H,34,35)(H,39,40). The van der Waals surface area contributed by atoms with Gasteiger partial charge in [0, 0.05) is 31.2 Å². The van der Waals surface area contributed by atoms with Crippen LogP contribution in [0.1, 0.15) is 30.5 Å². The first-order chi connectivity index (χ1) is 18.8. The topological polar surface area (TPSA) is 280 Å². The molecule has 4 unspecified atom stereocenters. The first-order valence-electron chi connectivity index (χ1n) is 12.0. The number of aromatic nitrogens is 2. The van der Waals surface area contributed by atoms with Crippen molar-refractivity contribution in [1.82, 2.24) is 25.9 Å². The van der Waals surface area contributed by atoms with Gasteiger partial charge < -0.3 is 47.7 Å². The van der Waals surface area contributed by atoms with Crippen LogP contribution in [0.3, 0.4) is 0 Å². The van der Waals surface area contributed by atoms with Crippen molar-refractivity contribution in [3.8, 4) is 5.75 Å². The maximum Gasteiger partial charge on any atom is 0.326 e. The molecular weight excluding hydrogens is 530 g/mol. The summed E-state index contributed by atoms with van der Waals surface area (Å²) < 4.78 is 0. The number of imidazole rings is 1. The number of carbonyl (C=O) groups is 6. The Bertz CT molecular complexity index is 1200. The first-order valence-corrected chi connectivity index (χ1v) is 12.0. The summed E-state index contributed by atoms with van der Waals surface area (Å²) in [7, 11) is 0. The van der Waals surface area contributed by atoms with Gasteiger partial charge >= 0.3 is 11.9 Å². The Labute approximate surface area is 227 Å². The lowest BCUT2D eigenvalue weighted by molar-refractivity contribution is -0.142. The number of amides is 4. The van der Waals surface area contributed by atoms with Crippen LogP contribution >= 0.6 is 0 Å². The number of aromatic hydroxyl groups is 1. The lowest BCUT2D eigenvalue weighted by Gasteiger charge is -2.24. The Hall–Kier alpha value is -4.99. The van der Waals surface area contributed by atoms with Gasteiger partial charge in [-0.2, -0.15) is 0 Å². The molecule has 216 valence electrons. The molecule has 1 aromatic heterocycles. The molecule has 40 heavy (non-hydrogen) atoms. The molecule has 16 heteroatoms. The number of carboxylic acids is 2. The first kappa shape index (κ1) is 31.2. The second kappa shape index (κ2) is 14.8. The van der Waals surface area contributed by atoms with E-state index in [1.54, 1.807) is 0 Å². The van der Waals surface area contributed by atoms with E-state index in [2.05, 4.69) is 25.9 Å². The number of phenols is 1. The van der Waals surface area contributed by atoms with Crippen molar-refractivity contribution in [2.24, 2.45) is 11.5 Å². The summed E-state index contributed by atoms with van der Waals surface area (Å²) >= 11 is 0.